The van der Waals surface area contributed by atoms with Crippen LogP contribution in [0.1, 0.15) is 24.8 Å². The van der Waals surface area contributed by atoms with E-state index in [-0.39, 0.29) is 12.1 Å². The molecule has 68 valence electrons. The largest absolute Gasteiger partial charge is 0.377 e. The Morgan fingerprint density at radius 3 is 2.92 bits per heavy atom. The van der Waals surface area contributed by atoms with Crippen LogP contribution in [0.3, 0.4) is 0 Å². The molecule has 1 rings (SSSR count). The van der Waals surface area contributed by atoms with Crippen LogP contribution in [0.15, 0.2) is 17.5 Å². The maximum Gasteiger partial charge on any atom is 0.0747 e. The Hall–Kier alpha value is -0.380. The van der Waals surface area contributed by atoms with Crippen molar-refractivity contribution in [2.24, 2.45) is 5.73 Å². The summed E-state index contributed by atoms with van der Waals surface area (Å²) >= 11 is 1.68. The molecule has 2 unspecified atom stereocenters. The number of nitrogens with two attached hydrogens (primary N) is 1. The smallest absolute Gasteiger partial charge is 0.0747 e. The lowest BCUT2D eigenvalue weighted by Gasteiger charge is -2.18. The van der Waals surface area contributed by atoms with Gasteiger partial charge in [0.1, 0.15) is 0 Å². The van der Waals surface area contributed by atoms with Crippen LogP contribution in [0.2, 0.25) is 0 Å². The molecule has 0 aromatic carbocycles. The number of thiophene rings is 1. The molecule has 0 aliphatic carbocycles. The average Bonchev–Trinajstić information content (AvgIpc) is 2.55. The third-order valence-corrected chi connectivity index (χ3v) is 2.78. The number of rotatable bonds is 4. The molecule has 0 saturated carbocycles. The van der Waals surface area contributed by atoms with Crippen molar-refractivity contribution in [2.75, 3.05) is 6.61 Å². The van der Waals surface area contributed by atoms with Gasteiger partial charge < -0.3 is 10.5 Å². The molecule has 0 aliphatic rings. The Kier molecular flexibility index (Phi) is 3.72. The maximum atomic E-state index is 5.95. The van der Waals surface area contributed by atoms with Crippen LogP contribution in [-0.2, 0) is 4.74 Å². The van der Waals surface area contributed by atoms with Crippen molar-refractivity contribution in [3.8, 4) is 0 Å². The van der Waals surface area contributed by atoms with E-state index in [0.29, 0.717) is 0 Å². The lowest BCUT2D eigenvalue weighted by Crippen LogP contribution is -2.25. The van der Waals surface area contributed by atoms with E-state index < -0.39 is 0 Å². The minimum absolute atomic E-state index is 0.0185. The van der Waals surface area contributed by atoms with Crippen LogP contribution in [0.25, 0.3) is 0 Å². The van der Waals surface area contributed by atoms with Crippen molar-refractivity contribution < 1.29 is 4.74 Å². The van der Waals surface area contributed by atoms with Gasteiger partial charge in [-0.2, -0.15) is 0 Å². The summed E-state index contributed by atoms with van der Waals surface area (Å²) in [6.45, 7) is 4.71. The predicted molar refractivity (Wildman–Crippen MR) is 52.3 cm³/mol. The van der Waals surface area contributed by atoms with Crippen molar-refractivity contribution in [3.63, 3.8) is 0 Å². The van der Waals surface area contributed by atoms with Gasteiger partial charge in [-0.15, -0.1) is 11.3 Å². The third-order valence-electron chi connectivity index (χ3n) is 1.81. The highest BCUT2D eigenvalue weighted by molar-refractivity contribution is 7.10. The molecule has 0 radical (unpaired) electrons. The minimum atomic E-state index is 0.0185. The fourth-order valence-electron chi connectivity index (χ4n) is 1.08. The lowest BCUT2D eigenvalue weighted by molar-refractivity contribution is 0.0582. The average molecular weight is 185 g/mol. The van der Waals surface area contributed by atoms with Gasteiger partial charge in [0.05, 0.1) is 12.1 Å². The molecule has 2 nitrogen and oxygen atoms in total. The molecule has 3 heteroatoms. The van der Waals surface area contributed by atoms with Gasteiger partial charge in [0, 0.05) is 11.5 Å². The number of hydrogen-bond acceptors (Lipinski definition) is 3. The van der Waals surface area contributed by atoms with Gasteiger partial charge in [0.15, 0.2) is 0 Å². The summed E-state index contributed by atoms with van der Waals surface area (Å²) in [6.07, 6.45) is 0.105. The Labute approximate surface area is 77.3 Å². The van der Waals surface area contributed by atoms with Gasteiger partial charge in [-0.25, -0.2) is 0 Å². The first-order chi connectivity index (χ1) is 5.75. The van der Waals surface area contributed by atoms with Crippen molar-refractivity contribution in [3.05, 3.63) is 22.4 Å². The van der Waals surface area contributed by atoms with Crippen molar-refractivity contribution in [2.45, 2.75) is 26.0 Å². The van der Waals surface area contributed by atoms with Gasteiger partial charge in [-0.3, -0.25) is 0 Å². The quantitative estimate of drug-likeness (QED) is 0.780. The van der Waals surface area contributed by atoms with Gasteiger partial charge in [0.25, 0.3) is 0 Å². The van der Waals surface area contributed by atoms with E-state index in [1.807, 2.05) is 31.4 Å². The van der Waals surface area contributed by atoms with E-state index in [9.17, 15) is 0 Å². The zero-order valence-corrected chi connectivity index (χ0v) is 8.30. The summed E-state index contributed by atoms with van der Waals surface area (Å²) in [6, 6.07) is 4.08. The van der Waals surface area contributed by atoms with Crippen LogP contribution in [0.5, 0.6) is 0 Å². The van der Waals surface area contributed by atoms with Crippen LogP contribution in [-0.4, -0.2) is 12.7 Å². The SMILES string of the molecule is CCOC(C)C(N)c1cccs1. The molecular weight excluding hydrogens is 170 g/mol. The van der Waals surface area contributed by atoms with Gasteiger partial charge in [-0.1, -0.05) is 6.07 Å². The molecule has 0 saturated heterocycles. The first-order valence-corrected chi connectivity index (χ1v) is 5.04. The number of hydrogen-bond donors (Lipinski definition) is 1. The first-order valence-electron chi connectivity index (χ1n) is 4.16. The summed E-state index contributed by atoms with van der Waals surface area (Å²) in [7, 11) is 0. The Morgan fingerprint density at radius 2 is 2.42 bits per heavy atom. The Balaban J connectivity index is 2.53. The Bertz CT molecular complexity index is 210. The molecule has 1 aromatic rings. The summed E-state index contributed by atoms with van der Waals surface area (Å²) in [5.41, 5.74) is 5.95. The molecule has 2 N–H and O–H groups in total. The van der Waals surface area contributed by atoms with Gasteiger partial charge in [0.2, 0.25) is 0 Å². The van der Waals surface area contributed by atoms with Crippen molar-refractivity contribution in [1.29, 1.82) is 0 Å². The molecule has 0 bridgehead atoms. The van der Waals surface area contributed by atoms with E-state index in [2.05, 4.69) is 0 Å². The molecule has 0 amide bonds. The van der Waals surface area contributed by atoms with Crippen molar-refractivity contribution in [1.82, 2.24) is 0 Å². The van der Waals surface area contributed by atoms with E-state index in [1.165, 1.54) is 4.88 Å². The Morgan fingerprint density at radius 1 is 1.67 bits per heavy atom. The minimum Gasteiger partial charge on any atom is -0.377 e. The second kappa shape index (κ2) is 4.60. The second-order valence-corrected chi connectivity index (χ2v) is 3.68. The monoisotopic (exact) mass is 185 g/mol. The summed E-state index contributed by atoms with van der Waals surface area (Å²) in [5, 5.41) is 2.04. The fourth-order valence-corrected chi connectivity index (χ4v) is 1.90. The van der Waals surface area contributed by atoms with E-state index in [4.69, 9.17) is 10.5 Å². The van der Waals surface area contributed by atoms with E-state index in [0.717, 1.165) is 6.61 Å². The lowest BCUT2D eigenvalue weighted by atomic mass is 10.1. The van der Waals surface area contributed by atoms with Crippen molar-refractivity contribution >= 4 is 11.3 Å². The summed E-state index contributed by atoms with van der Waals surface area (Å²) < 4.78 is 5.41. The highest BCUT2D eigenvalue weighted by Gasteiger charge is 2.14. The molecule has 2 atom stereocenters. The fraction of sp³-hybridized carbons (Fsp3) is 0.556. The molecule has 1 aromatic heterocycles. The van der Waals surface area contributed by atoms with Crippen LogP contribution in [0.4, 0.5) is 0 Å². The zero-order valence-electron chi connectivity index (χ0n) is 7.49. The van der Waals surface area contributed by atoms with Gasteiger partial charge >= 0.3 is 0 Å². The molecule has 0 spiro atoms. The molecule has 0 aliphatic heterocycles. The molecule has 12 heavy (non-hydrogen) atoms. The summed E-state index contributed by atoms with van der Waals surface area (Å²) in [5.74, 6) is 0. The standard InChI is InChI=1S/C9H15NOS/c1-3-11-7(2)9(10)8-5-4-6-12-8/h4-7,9H,3,10H2,1-2H3. The molecular formula is C9H15NOS. The van der Waals surface area contributed by atoms with Gasteiger partial charge in [-0.05, 0) is 25.3 Å². The normalized spacial score (nSPS) is 15.9. The van der Waals surface area contributed by atoms with Crippen LogP contribution < -0.4 is 5.73 Å². The summed E-state index contributed by atoms with van der Waals surface area (Å²) in [4.78, 5) is 1.19. The number of ether oxygens (including phenoxy) is 1. The second-order valence-electron chi connectivity index (χ2n) is 2.70. The highest BCUT2D eigenvalue weighted by atomic mass is 32.1. The maximum absolute atomic E-state index is 5.95. The predicted octanol–water partition coefficient (Wildman–Crippen LogP) is 2.17. The van der Waals surface area contributed by atoms with Crippen LogP contribution in [0, 0.1) is 0 Å². The topological polar surface area (TPSA) is 35.2 Å². The van der Waals surface area contributed by atoms with Crippen LogP contribution >= 0.6 is 11.3 Å². The third kappa shape index (κ3) is 2.30. The first kappa shape index (κ1) is 9.71. The molecule has 0 fully saturated rings. The zero-order chi connectivity index (χ0) is 8.97. The van der Waals surface area contributed by atoms with E-state index in [1.54, 1.807) is 11.3 Å². The highest BCUT2D eigenvalue weighted by Crippen LogP contribution is 2.20. The van der Waals surface area contributed by atoms with E-state index >= 15 is 0 Å². The molecule has 1 heterocycles.